The fourth-order valence-electron chi connectivity index (χ4n) is 0.569. The third kappa shape index (κ3) is 14.6. The summed E-state index contributed by atoms with van der Waals surface area (Å²) < 4.78 is 0. The zero-order chi connectivity index (χ0) is 8.69. The van der Waals surface area contributed by atoms with Gasteiger partial charge in [0.2, 0.25) is 0 Å². The lowest BCUT2D eigenvalue weighted by atomic mass is 10.3. The predicted octanol–water partition coefficient (Wildman–Crippen LogP) is -0.700. The highest BCUT2D eigenvalue weighted by molar-refractivity contribution is 5.94. The number of halogens is 1. The number of guanidine groups is 2. The molecule has 0 saturated heterocycles. The zero-order valence-electron chi connectivity index (χ0n) is 7.11. The molecule has 0 amide bonds. The molecule has 0 atom stereocenters. The van der Waals surface area contributed by atoms with E-state index in [-0.39, 0.29) is 47.4 Å². The van der Waals surface area contributed by atoms with Gasteiger partial charge in [0.1, 0.15) is 0 Å². The van der Waals surface area contributed by atoms with E-state index < -0.39 is 0 Å². The predicted molar refractivity (Wildman–Crippen MR) is 61.5 cm³/mol. The van der Waals surface area contributed by atoms with Crippen LogP contribution in [0.5, 0.6) is 0 Å². The van der Waals surface area contributed by atoms with Gasteiger partial charge in [0.25, 0.3) is 0 Å². The fourth-order valence-corrected chi connectivity index (χ4v) is 0.569. The molecular formula is C6H18ClMgN5. The summed E-state index contributed by atoms with van der Waals surface area (Å²) in [4.78, 5) is 0. The van der Waals surface area contributed by atoms with Gasteiger partial charge in [-0.15, -0.1) is 12.4 Å². The van der Waals surface area contributed by atoms with E-state index >= 15 is 0 Å². The van der Waals surface area contributed by atoms with Crippen molar-refractivity contribution in [1.82, 2.24) is 10.6 Å². The first kappa shape index (κ1) is 18.6. The van der Waals surface area contributed by atoms with Crippen molar-refractivity contribution >= 4 is 47.4 Å². The highest BCUT2D eigenvalue weighted by Crippen LogP contribution is 1.80. The van der Waals surface area contributed by atoms with Crippen LogP contribution >= 0.6 is 12.4 Å². The lowest BCUT2D eigenvalue weighted by Crippen LogP contribution is -2.43. The second-order valence-electron chi connectivity index (χ2n) is 2.19. The van der Waals surface area contributed by atoms with Crippen LogP contribution in [0.1, 0.15) is 19.8 Å². The number of nitrogens with one attached hydrogen (secondary N) is 4. The Labute approximate surface area is 101 Å². The normalized spacial score (nSPS) is 7.46. The van der Waals surface area contributed by atoms with Gasteiger partial charge >= 0.3 is 23.1 Å². The quantitative estimate of drug-likeness (QED) is 0.188. The van der Waals surface area contributed by atoms with Gasteiger partial charge in [-0.05, 0) is 6.42 Å². The number of nitrogens with two attached hydrogens (primary N) is 1. The minimum atomic E-state index is -0.209. The van der Waals surface area contributed by atoms with Crippen molar-refractivity contribution in [3.63, 3.8) is 0 Å². The fraction of sp³-hybridized carbons (Fsp3) is 0.667. The number of rotatable bonds is 3. The molecule has 5 nitrogen and oxygen atoms in total. The Morgan fingerprint density at radius 2 is 1.92 bits per heavy atom. The Balaban J connectivity index is -0.000000500. The summed E-state index contributed by atoms with van der Waals surface area (Å²) in [6, 6.07) is 0. The molecular weight excluding hydrogens is 202 g/mol. The Morgan fingerprint density at radius 3 is 2.31 bits per heavy atom. The molecule has 0 bridgehead atoms. The van der Waals surface area contributed by atoms with Crippen LogP contribution in [0.2, 0.25) is 0 Å². The molecule has 76 valence electrons. The second kappa shape index (κ2) is 11.8. The van der Waals surface area contributed by atoms with E-state index in [2.05, 4.69) is 17.6 Å². The monoisotopic (exact) mass is 219 g/mol. The van der Waals surface area contributed by atoms with Crippen molar-refractivity contribution in [3.8, 4) is 0 Å². The van der Waals surface area contributed by atoms with Gasteiger partial charge in [-0.25, -0.2) is 0 Å². The summed E-state index contributed by atoms with van der Waals surface area (Å²) in [6.07, 6.45) is 2.10. The van der Waals surface area contributed by atoms with E-state index in [9.17, 15) is 0 Å². The molecule has 0 spiro atoms. The summed E-state index contributed by atoms with van der Waals surface area (Å²) in [7, 11) is 0. The van der Waals surface area contributed by atoms with E-state index in [4.69, 9.17) is 16.6 Å². The van der Waals surface area contributed by atoms with Crippen LogP contribution in [0.15, 0.2) is 0 Å². The molecule has 13 heavy (non-hydrogen) atoms. The molecule has 0 radical (unpaired) electrons. The van der Waals surface area contributed by atoms with Crippen molar-refractivity contribution in [3.05, 3.63) is 0 Å². The maximum atomic E-state index is 7.15. The van der Waals surface area contributed by atoms with Crippen LogP contribution in [0, 0.1) is 10.8 Å². The van der Waals surface area contributed by atoms with Crippen molar-refractivity contribution in [1.29, 1.82) is 10.8 Å². The van der Waals surface area contributed by atoms with Crippen LogP contribution in [-0.2, 0) is 0 Å². The van der Waals surface area contributed by atoms with Crippen molar-refractivity contribution in [2.24, 2.45) is 5.73 Å². The summed E-state index contributed by atoms with van der Waals surface area (Å²) in [5.74, 6) is -0.120. The van der Waals surface area contributed by atoms with E-state index in [0.29, 0.717) is 0 Å². The number of hydrogen-bond acceptors (Lipinski definition) is 2. The SMILES string of the molecule is CCCCNC(=N)NC(=N)N.Cl.[MgH2]. The Bertz CT molecular complexity index is 152. The molecule has 0 aliphatic heterocycles. The summed E-state index contributed by atoms with van der Waals surface area (Å²) in [6.45, 7) is 2.82. The van der Waals surface area contributed by atoms with Gasteiger partial charge in [-0.1, -0.05) is 13.3 Å². The minimum absolute atomic E-state index is 0. The van der Waals surface area contributed by atoms with Crippen molar-refractivity contribution in [2.75, 3.05) is 6.54 Å². The maximum absolute atomic E-state index is 7.15. The molecule has 0 aliphatic carbocycles. The van der Waals surface area contributed by atoms with Crippen molar-refractivity contribution in [2.45, 2.75) is 19.8 Å². The highest BCUT2D eigenvalue weighted by Gasteiger charge is 1.93. The lowest BCUT2D eigenvalue weighted by Gasteiger charge is -2.06. The molecule has 0 rings (SSSR count). The maximum Gasteiger partial charge on any atom is 0.316 e. The van der Waals surface area contributed by atoms with Crippen LogP contribution in [0.4, 0.5) is 0 Å². The third-order valence-electron chi connectivity index (χ3n) is 1.09. The summed E-state index contributed by atoms with van der Waals surface area (Å²) in [5, 5.41) is 19.0. The molecule has 7 heteroatoms. The molecule has 0 saturated carbocycles. The van der Waals surface area contributed by atoms with Crippen LogP contribution in [0.25, 0.3) is 0 Å². The van der Waals surface area contributed by atoms with Gasteiger partial charge in [0.05, 0.1) is 0 Å². The van der Waals surface area contributed by atoms with Gasteiger partial charge in [-0.2, -0.15) is 0 Å². The average molecular weight is 220 g/mol. The first-order valence-corrected chi connectivity index (χ1v) is 3.60. The van der Waals surface area contributed by atoms with E-state index in [0.717, 1.165) is 19.4 Å². The minimum Gasteiger partial charge on any atom is -0.370 e. The van der Waals surface area contributed by atoms with E-state index in [1.807, 2.05) is 0 Å². The number of hydrogen-bond donors (Lipinski definition) is 5. The van der Waals surface area contributed by atoms with E-state index in [1.54, 1.807) is 0 Å². The van der Waals surface area contributed by atoms with Crippen molar-refractivity contribution < 1.29 is 0 Å². The molecule has 0 heterocycles. The highest BCUT2D eigenvalue weighted by atomic mass is 35.5. The first-order chi connectivity index (χ1) is 5.16. The molecule has 0 aliphatic rings. The summed E-state index contributed by atoms with van der Waals surface area (Å²) >= 11 is 0. The molecule has 0 aromatic carbocycles. The average Bonchev–Trinajstić information content (AvgIpc) is 1.86. The molecule has 0 aromatic heterocycles. The topological polar surface area (TPSA) is 97.8 Å². The molecule has 0 fully saturated rings. The van der Waals surface area contributed by atoms with Gasteiger partial charge in [0.15, 0.2) is 11.9 Å². The Kier molecular flexibility index (Phi) is 16.8. The lowest BCUT2D eigenvalue weighted by molar-refractivity contribution is 0.744. The first-order valence-electron chi connectivity index (χ1n) is 3.60. The smallest absolute Gasteiger partial charge is 0.316 e. The van der Waals surface area contributed by atoms with E-state index in [1.165, 1.54) is 0 Å². The van der Waals surface area contributed by atoms with Crippen LogP contribution in [-0.4, -0.2) is 41.5 Å². The largest absolute Gasteiger partial charge is 0.370 e. The Hall–Kier alpha value is -0.204. The standard InChI is InChI=1S/C6H15N5.ClH.Mg.2H/c1-2-3-4-10-6(9)11-5(7)8;;;;/h2-4H2,1H3,(H6,7,8,9,10,11);1H;;;. The van der Waals surface area contributed by atoms with Gasteiger partial charge in [0, 0.05) is 6.54 Å². The molecule has 6 N–H and O–H groups in total. The zero-order valence-corrected chi connectivity index (χ0v) is 7.92. The summed E-state index contributed by atoms with van der Waals surface area (Å²) in [5.41, 5.74) is 4.99. The molecule has 0 unspecified atom stereocenters. The molecule has 0 aromatic rings. The van der Waals surface area contributed by atoms with Crippen LogP contribution < -0.4 is 16.4 Å². The number of unbranched alkanes of at least 4 members (excludes halogenated alkanes) is 1. The third-order valence-corrected chi connectivity index (χ3v) is 1.09. The van der Waals surface area contributed by atoms with Gasteiger partial charge in [-0.3, -0.25) is 16.1 Å². The second-order valence-corrected chi connectivity index (χ2v) is 2.19. The van der Waals surface area contributed by atoms with Gasteiger partial charge < -0.3 is 11.1 Å². The van der Waals surface area contributed by atoms with Crippen LogP contribution in [0.3, 0.4) is 0 Å². The Morgan fingerprint density at radius 1 is 1.38 bits per heavy atom.